The van der Waals surface area contributed by atoms with Crippen molar-refractivity contribution in [3.05, 3.63) is 0 Å². The number of nitrogens with zero attached hydrogens (tertiary/aromatic N) is 1. The van der Waals surface area contributed by atoms with Crippen LogP contribution in [0.25, 0.3) is 0 Å². The molecule has 0 aromatic rings. The van der Waals surface area contributed by atoms with E-state index in [1.807, 2.05) is 0 Å². The topological polar surface area (TPSA) is 15.3 Å². The third kappa shape index (κ3) is 2.26. The van der Waals surface area contributed by atoms with Gasteiger partial charge in [-0.05, 0) is 25.5 Å². The number of hydrogen-bond acceptors (Lipinski definition) is 3. The molecule has 0 amide bonds. The molecule has 2 aliphatic rings. The zero-order valence-corrected chi connectivity index (χ0v) is 10.4. The van der Waals surface area contributed by atoms with Gasteiger partial charge in [-0.1, -0.05) is 6.92 Å². The largest absolute Gasteiger partial charge is 0.309 e. The number of piperazine rings is 1. The third-order valence-electron chi connectivity index (χ3n) is 3.40. The van der Waals surface area contributed by atoms with E-state index in [4.69, 9.17) is 0 Å². The summed E-state index contributed by atoms with van der Waals surface area (Å²) >= 11 is 2.12. The average Bonchev–Trinajstić information content (AvgIpc) is 2.49. The molecule has 0 spiro atoms. The fraction of sp³-hybridized carbons (Fsp3) is 1.00. The van der Waals surface area contributed by atoms with E-state index >= 15 is 0 Å². The van der Waals surface area contributed by atoms with Gasteiger partial charge in [0, 0.05) is 37.0 Å². The summed E-state index contributed by atoms with van der Waals surface area (Å²) in [5.41, 5.74) is 0.311. The van der Waals surface area contributed by atoms with Crippen LogP contribution in [0.3, 0.4) is 0 Å². The molecule has 2 unspecified atom stereocenters. The summed E-state index contributed by atoms with van der Waals surface area (Å²) in [5, 5.41) is 3.58. The number of hydrogen-bond donors (Lipinski definition) is 1. The molecular formula is C11H22N2S. The molecule has 2 nitrogen and oxygen atoms in total. The SMILES string of the molecule is CC1CSCC1N1CCNC(C)(C)C1. The summed E-state index contributed by atoms with van der Waals surface area (Å²) in [4.78, 5) is 2.70. The molecule has 2 rings (SSSR count). The van der Waals surface area contributed by atoms with E-state index in [2.05, 4.69) is 42.7 Å². The zero-order chi connectivity index (χ0) is 10.2. The summed E-state index contributed by atoms with van der Waals surface area (Å²) in [5.74, 6) is 3.58. The van der Waals surface area contributed by atoms with E-state index in [-0.39, 0.29) is 0 Å². The highest BCUT2D eigenvalue weighted by Gasteiger charge is 2.34. The Balaban J connectivity index is 1.97. The first-order chi connectivity index (χ1) is 6.58. The number of nitrogens with one attached hydrogen (secondary N) is 1. The molecule has 0 aromatic heterocycles. The van der Waals surface area contributed by atoms with Crippen molar-refractivity contribution in [1.82, 2.24) is 10.2 Å². The van der Waals surface area contributed by atoms with E-state index in [0.717, 1.165) is 18.5 Å². The van der Waals surface area contributed by atoms with Gasteiger partial charge in [0.15, 0.2) is 0 Å². The lowest BCUT2D eigenvalue weighted by Gasteiger charge is -2.43. The minimum atomic E-state index is 0.311. The number of thioether (sulfide) groups is 1. The third-order valence-corrected chi connectivity index (χ3v) is 4.73. The van der Waals surface area contributed by atoms with Gasteiger partial charge in [0.1, 0.15) is 0 Å². The summed E-state index contributed by atoms with van der Waals surface area (Å²) in [6.45, 7) is 10.6. The van der Waals surface area contributed by atoms with Crippen molar-refractivity contribution in [1.29, 1.82) is 0 Å². The van der Waals surface area contributed by atoms with Crippen molar-refractivity contribution in [2.45, 2.75) is 32.4 Å². The second-order valence-corrected chi connectivity index (χ2v) is 6.44. The fourth-order valence-corrected chi connectivity index (χ4v) is 4.09. The second kappa shape index (κ2) is 4.03. The quantitative estimate of drug-likeness (QED) is 0.711. The highest BCUT2D eigenvalue weighted by atomic mass is 32.2. The number of rotatable bonds is 1. The Kier molecular flexibility index (Phi) is 3.10. The molecule has 0 aromatic carbocycles. The minimum absolute atomic E-state index is 0.311. The highest BCUT2D eigenvalue weighted by molar-refractivity contribution is 7.99. The van der Waals surface area contributed by atoms with Crippen LogP contribution in [0, 0.1) is 5.92 Å². The molecule has 1 N–H and O–H groups in total. The van der Waals surface area contributed by atoms with Gasteiger partial charge in [0.2, 0.25) is 0 Å². The van der Waals surface area contributed by atoms with Gasteiger partial charge in [-0.15, -0.1) is 0 Å². The highest BCUT2D eigenvalue weighted by Crippen LogP contribution is 2.29. The van der Waals surface area contributed by atoms with Crippen LogP contribution in [0.4, 0.5) is 0 Å². The molecular weight excluding hydrogens is 192 g/mol. The summed E-state index contributed by atoms with van der Waals surface area (Å²) < 4.78 is 0. The molecule has 82 valence electrons. The molecule has 2 heterocycles. The first kappa shape index (κ1) is 10.8. The van der Waals surface area contributed by atoms with Crippen LogP contribution in [0.5, 0.6) is 0 Å². The molecule has 0 aliphatic carbocycles. The normalized spacial score (nSPS) is 38.8. The standard InChI is InChI=1S/C11H22N2S/c1-9-6-14-7-10(9)13-5-4-12-11(2,3)8-13/h9-10,12H,4-8H2,1-3H3. The molecule has 2 aliphatic heterocycles. The Hall–Kier alpha value is 0.270. The van der Waals surface area contributed by atoms with Gasteiger partial charge >= 0.3 is 0 Å². The van der Waals surface area contributed by atoms with Crippen LogP contribution >= 0.6 is 11.8 Å². The maximum atomic E-state index is 3.58. The van der Waals surface area contributed by atoms with Crippen molar-refractivity contribution in [2.24, 2.45) is 5.92 Å². The maximum Gasteiger partial charge on any atom is 0.0252 e. The van der Waals surface area contributed by atoms with E-state index in [1.54, 1.807) is 0 Å². The predicted molar refractivity (Wildman–Crippen MR) is 63.9 cm³/mol. The van der Waals surface area contributed by atoms with Gasteiger partial charge in [-0.3, -0.25) is 4.90 Å². The molecule has 0 bridgehead atoms. The van der Waals surface area contributed by atoms with E-state index < -0.39 is 0 Å². The van der Waals surface area contributed by atoms with Gasteiger partial charge < -0.3 is 5.32 Å². The Bertz CT molecular complexity index is 205. The van der Waals surface area contributed by atoms with Crippen molar-refractivity contribution in [3.63, 3.8) is 0 Å². The maximum absolute atomic E-state index is 3.58. The Morgan fingerprint density at radius 3 is 2.71 bits per heavy atom. The Morgan fingerprint density at radius 1 is 1.36 bits per heavy atom. The van der Waals surface area contributed by atoms with Crippen LogP contribution in [-0.2, 0) is 0 Å². The average molecular weight is 214 g/mol. The monoisotopic (exact) mass is 214 g/mol. The van der Waals surface area contributed by atoms with Crippen molar-refractivity contribution in [2.75, 3.05) is 31.1 Å². The van der Waals surface area contributed by atoms with Crippen molar-refractivity contribution in [3.8, 4) is 0 Å². The van der Waals surface area contributed by atoms with E-state index in [9.17, 15) is 0 Å². The van der Waals surface area contributed by atoms with Crippen molar-refractivity contribution >= 4 is 11.8 Å². The first-order valence-electron chi connectivity index (χ1n) is 5.65. The molecule has 0 saturated carbocycles. The zero-order valence-electron chi connectivity index (χ0n) is 9.55. The van der Waals surface area contributed by atoms with Crippen LogP contribution in [0.1, 0.15) is 20.8 Å². The van der Waals surface area contributed by atoms with Crippen LogP contribution in [-0.4, -0.2) is 47.6 Å². The van der Waals surface area contributed by atoms with Crippen LogP contribution in [0.2, 0.25) is 0 Å². The molecule has 0 radical (unpaired) electrons. The molecule has 2 fully saturated rings. The molecule has 3 heteroatoms. The lowest BCUT2D eigenvalue weighted by atomic mass is 9.97. The lowest BCUT2D eigenvalue weighted by molar-refractivity contribution is 0.101. The molecule has 2 saturated heterocycles. The minimum Gasteiger partial charge on any atom is -0.309 e. The Morgan fingerprint density at radius 2 is 2.14 bits per heavy atom. The predicted octanol–water partition coefficient (Wildman–Crippen LogP) is 1.42. The smallest absolute Gasteiger partial charge is 0.0252 e. The van der Waals surface area contributed by atoms with Crippen LogP contribution in [0.15, 0.2) is 0 Å². The van der Waals surface area contributed by atoms with E-state index in [0.29, 0.717) is 5.54 Å². The summed E-state index contributed by atoms with van der Waals surface area (Å²) in [6, 6.07) is 0.835. The van der Waals surface area contributed by atoms with Gasteiger partial charge in [-0.2, -0.15) is 11.8 Å². The van der Waals surface area contributed by atoms with Crippen molar-refractivity contribution < 1.29 is 0 Å². The van der Waals surface area contributed by atoms with Gasteiger partial charge in [0.05, 0.1) is 0 Å². The lowest BCUT2D eigenvalue weighted by Crippen LogP contribution is -2.60. The molecule has 14 heavy (non-hydrogen) atoms. The Labute approximate surface area is 91.8 Å². The van der Waals surface area contributed by atoms with Gasteiger partial charge in [0.25, 0.3) is 0 Å². The van der Waals surface area contributed by atoms with E-state index in [1.165, 1.54) is 24.6 Å². The molecule has 2 atom stereocenters. The van der Waals surface area contributed by atoms with Gasteiger partial charge in [-0.25, -0.2) is 0 Å². The first-order valence-corrected chi connectivity index (χ1v) is 6.81. The second-order valence-electron chi connectivity index (χ2n) is 5.36. The fourth-order valence-electron chi connectivity index (χ4n) is 2.58. The summed E-state index contributed by atoms with van der Waals surface area (Å²) in [6.07, 6.45) is 0. The van der Waals surface area contributed by atoms with Crippen LogP contribution < -0.4 is 5.32 Å². The summed E-state index contributed by atoms with van der Waals surface area (Å²) in [7, 11) is 0.